The lowest BCUT2D eigenvalue weighted by Gasteiger charge is -2.16. The fourth-order valence-electron chi connectivity index (χ4n) is 2.34. The maximum atomic E-state index is 13.3. The highest BCUT2D eigenvalue weighted by molar-refractivity contribution is 6.31. The normalized spacial score (nSPS) is 12.2. The number of methoxy groups -OCH3 is 1. The summed E-state index contributed by atoms with van der Waals surface area (Å²) in [6.45, 7) is 0.0179. The van der Waals surface area contributed by atoms with Crippen molar-refractivity contribution in [3.05, 3.63) is 64.4 Å². The number of hydrogen-bond donors (Lipinski definition) is 1. The van der Waals surface area contributed by atoms with Crippen LogP contribution in [0, 0.1) is 11.7 Å². The van der Waals surface area contributed by atoms with Gasteiger partial charge in [0.1, 0.15) is 11.6 Å². The largest absolute Gasteiger partial charge is 0.497 e. The number of halogens is 2. The van der Waals surface area contributed by atoms with E-state index in [0.717, 1.165) is 16.9 Å². The minimum Gasteiger partial charge on any atom is -0.497 e. The zero-order chi connectivity index (χ0) is 15.2. The molecule has 0 radical (unpaired) electrons. The Hall–Kier alpha value is -1.58. The summed E-state index contributed by atoms with van der Waals surface area (Å²) in [6, 6.07) is 12.0. The molecule has 0 bridgehead atoms. The van der Waals surface area contributed by atoms with E-state index in [9.17, 15) is 9.50 Å². The molecule has 2 aromatic carbocycles. The van der Waals surface area contributed by atoms with Crippen LogP contribution in [-0.2, 0) is 12.8 Å². The van der Waals surface area contributed by atoms with Crippen LogP contribution in [0.5, 0.6) is 5.75 Å². The maximum absolute atomic E-state index is 13.3. The predicted octanol–water partition coefficient (Wildman–Crippen LogP) is 3.88. The SMILES string of the molecule is COc1cccc(CC(CO)Cc2cc(F)ccc2Cl)c1. The van der Waals surface area contributed by atoms with Crippen molar-refractivity contribution in [1.82, 2.24) is 0 Å². The molecule has 0 fully saturated rings. The molecule has 2 aromatic rings. The minimum absolute atomic E-state index is 0.0172. The first-order chi connectivity index (χ1) is 10.1. The molecule has 0 saturated heterocycles. The predicted molar refractivity (Wildman–Crippen MR) is 82.4 cm³/mol. The van der Waals surface area contributed by atoms with Crippen LogP contribution in [0.25, 0.3) is 0 Å². The Morgan fingerprint density at radius 3 is 2.71 bits per heavy atom. The van der Waals surface area contributed by atoms with Crippen LogP contribution in [0.15, 0.2) is 42.5 Å². The summed E-state index contributed by atoms with van der Waals surface area (Å²) in [4.78, 5) is 0. The van der Waals surface area contributed by atoms with Gasteiger partial charge in [0.25, 0.3) is 0 Å². The molecule has 0 aliphatic rings. The van der Waals surface area contributed by atoms with Crippen molar-refractivity contribution in [2.24, 2.45) is 5.92 Å². The molecule has 0 aromatic heterocycles. The van der Waals surface area contributed by atoms with Crippen molar-refractivity contribution in [3.8, 4) is 5.75 Å². The molecule has 0 heterocycles. The van der Waals surface area contributed by atoms with E-state index in [2.05, 4.69) is 0 Å². The zero-order valence-electron chi connectivity index (χ0n) is 11.9. The Bertz CT molecular complexity index is 601. The molecule has 4 heteroatoms. The van der Waals surface area contributed by atoms with Gasteiger partial charge in [0, 0.05) is 11.6 Å². The van der Waals surface area contributed by atoms with E-state index < -0.39 is 0 Å². The number of ether oxygens (including phenoxy) is 1. The molecule has 0 aliphatic carbocycles. The molecule has 0 saturated carbocycles. The smallest absolute Gasteiger partial charge is 0.123 e. The van der Waals surface area contributed by atoms with Crippen molar-refractivity contribution in [3.63, 3.8) is 0 Å². The number of rotatable bonds is 6. The van der Waals surface area contributed by atoms with Gasteiger partial charge in [0.15, 0.2) is 0 Å². The van der Waals surface area contributed by atoms with Gasteiger partial charge in [-0.05, 0) is 60.2 Å². The van der Waals surface area contributed by atoms with Crippen LogP contribution in [0.4, 0.5) is 4.39 Å². The fraction of sp³-hybridized carbons (Fsp3) is 0.294. The number of hydrogen-bond acceptors (Lipinski definition) is 2. The summed E-state index contributed by atoms with van der Waals surface area (Å²) in [5.74, 6) is 0.455. The highest BCUT2D eigenvalue weighted by Gasteiger charge is 2.13. The van der Waals surface area contributed by atoms with Crippen LogP contribution in [0.1, 0.15) is 11.1 Å². The fourth-order valence-corrected chi connectivity index (χ4v) is 2.54. The first-order valence-electron chi connectivity index (χ1n) is 6.80. The number of benzene rings is 2. The Morgan fingerprint density at radius 2 is 2.00 bits per heavy atom. The third kappa shape index (κ3) is 4.45. The molecule has 0 amide bonds. The third-order valence-corrected chi connectivity index (χ3v) is 3.80. The summed E-state index contributed by atoms with van der Waals surface area (Å²) in [6.07, 6.45) is 1.21. The summed E-state index contributed by atoms with van der Waals surface area (Å²) >= 11 is 6.08. The second-order valence-corrected chi connectivity index (χ2v) is 5.45. The van der Waals surface area contributed by atoms with Gasteiger partial charge in [0.2, 0.25) is 0 Å². The molecule has 1 atom stereocenters. The molecule has 2 rings (SSSR count). The van der Waals surface area contributed by atoms with Crippen molar-refractivity contribution >= 4 is 11.6 Å². The number of aliphatic hydroxyl groups is 1. The maximum Gasteiger partial charge on any atom is 0.123 e. The van der Waals surface area contributed by atoms with Gasteiger partial charge in [-0.3, -0.25) is 0 Å². The molecule has 0 aliphatic heterocycles. The first-order valence-corrected chi connectivity index (χ1v) is 7.18. The van der Waals surface area contributed by atoms with Crippen molar-refractivity contribution < 1.29 is 14.2 Å². The highest BCUT2D eigenvalue weighted by Crippen LogP contribution is 2.23. The van der Waals surface area contributed by atoms with Gasteiger partial charge in [-0.15, -0.1) is 0 Å². The minimum atomic E-state index is -0.313. The summed E-state index contributed by atoms with van der Waals surface area (Å²) in [7, 11) is 1.62. The summed E-state index contributed by atoms with van der Waals surface area (Å²) in [5.41, 5.74) is 1.79. The molecule has 21 heavy (non-hydrogen) atoms. The molecular weight excluding hydrogens is 291 g/mol. The third-order valence-electron chi connectivity index (χ3n) is 3.43. The average molecular weight is 309 g/mol. The lowest BCUT2D eigenvalue weighted by atomic mass is 9.93. The van der Waals surface area contributed by atoms with Crippen LogP contribution >= 0.6 is 11.6 Å². The van der Waals surface area contributed by atoms with E-state index in [1.165, 1.54) is 12.1 Å². The van der Waals surface area contributed by atoms with Gasteiger partial charge in [-0.25, -0.2) is 4.39 Å². The lowest BCUT2D eigenvalue weighted by molar-refractivity contribution is 0.225. The van der Waals surface area contributed by atoms with E-state index >= 15 is 0 Å². The standard InChI is InChI=1S/C17H18ClFO2/c1-21-16-4-2-3-12(9-16)7-13(11-20)8-14-10-15(19)5-6-17(14)18/h2-6,9-10,13,20H,7-8,11H2,1H3. The van der Waals surface area contributed by atoms with E-state index in [4.69, 9.17) is 16.3 Å². The van der Waals surface area contributed by atoms with E-state index in [1.54, 1.807) is 13.2 Å². The second-order valence-electron chi connectivity index (χ2n) is 5.04. The van der Waals surface area contributed by atoms with Crippen LogP contribution in [0.3, 0.4) is 0 Å². The Kier molecular flexibility index (Phi) is 5.59. The highest BCUT2D eigenvalue weighted by atomic mass is 35.5. The molecular formula is C17H18ClFO2. The quantitative estimate of drug-likeness (QED) is 0.877. The second kappa shape index (κ2) is 7.43. The van der Waals surface area contributed by atoms with Crippen LogP contribution < -0.4 is 4.74 Å². The Labute approximate surface area is 129 Å². The van der Waals surface area contributed by atoms with Crippen LogP contribution in [-0.4, -0.2) is 18.8 Å². The van der Waals surface area contributed by atoms with Gasteiger partial charge in [-0.2, -0.15) is 0 Å². The van der Waals surface area contributed by atoms with E-state index in [-0.39, 0.29) is 18.3 Å². The van der Waals surface area contributed by atoms with Crippen molar-refractivity contribution in [2.75, 3.05) is 13.7 Å². The topological polar surface area (TPSA) is 29.5 Å². The molecule has 1 unspecified atom stereocenters. The van der Waals surface area contributed by atoms with Crippen molar-refractivity contribution in [1.29, 1.82) is 0 Å². The Balaban J connectivity index is 2.10. The van der Waals surface area contributed by atoms with Gasteiger partial charge >= 0.3 is 0 Å². The molecule has 1 N–H and O–H groups in total. The summed E-state index contributed by atoms with van der Waals surface area (Å²) in [5, 5.41) is 10.1. The summed E-state index contributed by atoms with van der Waals surface area (Å²) < 4.78 is 18.5. The number of aliphatic hydroxyl groups excluding tert-OH is 1. The van der Waals surface area contributed by atoms with E-state index in [0.29, 0.717) is 17.9 Å². The van der Waals surface area contributed by atoms with Gasteiger partial charge < -0.3 is 9.84 Å². The van der Waals surface area contributed by atoms with Gasteiger partial charge in [0.05, 0.1) is 7.11 Å². The molecule has 112 valence electrons. The van der Waals surface area contributed by atoms with E-state index in [1.807, 2.05) is 24.3 Å². The lowest BCUT2D eigenvalue weighted by Crippen LogP contribution is -2.13. The molecule has 0 spiro atoms. The zero-order valence-corrected chi connectivity index (χ0v) is 12.6. The van der Waals surface area contributed by atoms with Crippen molar-refractivity contribution in [2.45, 2.75) is 12.8 Å². The monoisotopic (exact) mass is 308 g/mol. The average Bonchev–Trinajstić information content (AvgIpc) is 2.50. The molecule has 2 nitrogen and oxygen atoms in total. The van der Waals surface area contributed by atoms with Crippen LogP contribution in [0.2, 0.25) is 5.02 Å². The Morgan fingerprint density at radius 1 is 1.19 bits per heavy atom. The van der Waals surface area contributed by atoms with Gasteiger partial charge in [-0.1, -0.05) is 23.7 Å². The first kappa shape index (κ1) is 15.8.